The molecule has 0 aromatic heterocycles. The van der Waals surface area contributed by atoms with E-state index in [4.69, 9.17) is 4.74 Å². The maximum atomic E-state index is 9.54. The summed E-state index contributed by atoms with van der Waals surface area (Å²) in [6.07, 6.45) is 0.524. The molecule has 16 heavy (non-hydrogen) atoms. The van der Waals surface area contributed by atoms with E-state index in [2.05, 4.69) is 12.2 Å². The van der Waals surface area contributed by atoms with Gasteiger partial charge in [0.25, 0.3) is 0 Å². The second kappa shape index (κ2) is 5.04. The van der Waals surface area contributed by atoms with Gasteiger partial charge in [0, 0.05) is 12.1 Å². The molecule has 1 fully saturated rings. The molecule has 1 aliphatic heterocycles. The van der Waals surface area contributed by atoms with Gasteiger partial charge in [-0.2, -0.15) is 0 Å². The highest BCUT2D eigenvalue weighted by Gasteiger charge is 2.34. The highest BCUT2D eigenvalue weighted by atomic mass is 35.5. The Balaban J connectivity index is 0.00000128. The van der Waals surface area contributed by atoms with Gasteiger partial charge < -0.3 is 15.2 Å². The lowest BCUT2D eigenvalue weighted by molar-refractivity contribution is 0.186. The first kappa shape index (κ1) is 13.3. The lowest BCUT2D eigenvalue weighted by Crippen LogP contribution is -2.32. The minimum Gasteiger partial charge on any atom is -0.497 e. The summed E-state index contributed by atoms with van der Waals surface area (Å²) in [4.78, 5) is 0. The van der Waals surface area contributed by atoms with E-state index >= 15 is 0 Å². The molecule has 0 amide bonds. The smallest absolute Gasteiger partial charge is 0.118 e. The van der Waals surface area contributed by atoms with Crippen molar-refractivity contribution in [3.8, 4) is 5.75 Å². The van der Waals surface area contributed by atoms with Crippen molar-refractivity contribution < 1.29 is 9.84 Å². The number of rotatable bonds is 2. The molecule has 3 nitrogen and oxygen atoms in total. The molecule has 2 atom stereocenters. The van der Waals surface area contributed by atoms with Gasteiger partial charge in [0.2, 0.25) is 0 Å². The van der Waals surface area contributed by atoms with Gasteiger partial charge >= 0.3 is 0 Å². The van der Waals surface area contributed by atoms with Gasteiger partial charge in [-0.1, -0.05) is 12.1 Å². The molecule has 0 aliphatic carbocycles. The quantitative estimate of drug-likeness (QED) is 0.831. The van der Waals surface area contributed by atoms with Crippen LogP contribution >= 0.6 is 12.4 Å². The Morgan fingerprint density at radius 3 is 2.44 bits per heavy atom. The van der Waals surface area contributed by atoms with Crippen molar-refractivity contribution in [2.45, 2.75) is 25.0 Å². The van der Waals surface area contributed by atoms with Crippen LogP contribution in [0.5, 0.6) is 5.75 Å². The van der Waals surface area contributed by atoms with Crippen molar-refractivity contribution in [1.82, 2.24) is 5.32 Å². The Kier molecular flexibility index (Phi) is 4.19. The summed E-state index contributed by atoms with van der Waals surface area (Å²) in [5.74, 6) is 0.862. The van der Waals surface area contributed by atoms with E-state index in [0.29, 0.717) is 6.54 Å². The van der Waals surface area contributed by atoms with Crippen LogP contribution in [0.4, 0.5) is 0 Å². The first-order valence-electron chi connectivity index (χ1n) is 5.22. The van der Waals surface area contributed by atoms with Crippen LogP contribution in [-0.4, -0.2) is 24.9 Å². The highest BCUT2D eigenvalue weighted by Crippen LogP contribution is 2.31. The molecule has 2 rings (SSSR count). The van der Waals surface area contributed by atoms with Crippen LogP contribution in [0.15, 0.2) is 24.3 Å². The number of halogens is 1. The van der Waals surface area contributed by atoms with Gasteiger partial charge in [0.15, 0.2) is 0 Å². The Bertz CT molecular complexity index is 341. The van der Waals surface area contributed by atoms with Crippen LogP contribution in [0, 0.1) is 0 Å². The van der Waals surface area contributed by atoms with Crippen molar-refractivity contribution in [3.05, 3.63) is 29.8 Å². The molecule has 0 radical (unpaired) electrons. The summed E-state index contributed by atoms with van der Waals surface area (Å²) in [5.41, 5.74) is 1.09. The molecule has 1 aromatic carbocycles. The topological polar surface area (TPSA) is 41.5 Å². The number of nitrogens with one attached hydrogen (secondary N) is 1. The maximum Gasteiger partial charge on any atom is 0.118 e. The largest absolute Gasteiger partial charge is 0.497 e. The summed E-state index contributed by atoms with van der Waals surface area (Å²) in [5, 5.41) is 12.9. The number of aliphatic hydroxyl groups is 1. The number of aliphatic hydroxyl groups excluding tert-OH is 1. The van der Waals surface area contributed by atoms with Gasteiger partial charge in [-0.15, -0.1) is 12.4 Å². The third kappa shape index (κ3) is 2.48. The molecule has 1 aromatic rings. The van der Waals surface area contributed by atoms with Gasteiger partial charge in [-0.3, -0.25) is 0 Å². The Morgan fingerprint density at radius 1 is 1.38 bits per heavy atom. The molecule has 0 spiro atoms. The standard InChI is InChI=1S/C12H17NO2.ClH/c1-12(7-10(14)8-13-12)9-3-5-11(15-2)6-4-9;/h3-6,10,13-14H,7-8H2,1-2H3;1H. The lowest BCUT2D eigenvalue weighted by Gasteiger charge is -2.25. The summed E-state index contributed by atoms with van der Waals surface area (Å²) >= 11 is 0. The average Bonchev–Trinajstić information content (AvgIpc) is 2.60. The van der Waals surface area contributed by atoms with E-state index in [1.165, 1.54) is 5.56 Å². The van der Waals surface area contributed by atoms with Gasteiger partial charge in [0.1, 0.15) is 5.75 Å². The third-order valence-corrected chi connectivity index (χ3v) is 3.10. The van der Waals surface area contributed by atoms with Crippen LogP contribution < -0.4 is 10.1 Å². The fourth-order valence-electron chi connectivity index (χ4n) is 2.14. The molecular formula is C12H18ClNO2. The molecule has 4 heteroatoms. The van der Waals surface area contributed by atoms with Gasteiger partial charge in [0.05, 0.1) is 13.2 Å². The summed E-state index contributed by atoms with van der Waals surface area (Å²) < 4.78 is 5.12. The van der Waals surface area contributed by atoms with Crippen LogP contribution in [0.25, 0.3) is 0 Å². The number of hydrogen-bond donors (Lipinski definition) is 2. The Hall–Kier alpha value is -0.770. The van der Waals surface area contributed by atoms with E-state index in [1.807, 2.05) is 24.3 Å². The summed E-state index contributed by atoms with van der Waals surface area (Å²) in [6, 6.07) is 7.99. The van der Waals surface area contributed by atoms with Crippen LogP contribution in [0.1, 0.15) is 18.9 Å². The molecule has 0 saturated carbocycles. The SMILES string of the molecule is COc1ccc(C2(C)CC(O)CN2)cc1.Cl. The van der Waals surface area contributed by atoms with Crippen LogP contribution in [-0.2, 0) is 5.54 Å². The predicted octanol–water partition coefficient (Wildman–Crippen LogP) is 1.69. The molecule has 1 saturated heterocycles. The lowest BCUT2D eigenvalue weighted by atomic mass is 9.90. The fraction of sp³-hybridized carbons (Fsp3) is 0.500. The molecular weight excluding hydrogens is 226 g/mol. The van der Waals surface area contributed by atoms with Crippen molar-refractivity contribution in [1.29, 1.82) is 0 Å². The second-order valence-corrected chi connectivity index (χ2v) is 4.30. The number of β-amino-alcohol motifs (C(OH)–C–C–N with tert-alkyl or cyclic N) is 1. The van der Waals surface area contributed by atoms with Crippen molar-refractivity contribution in [3.63, 3.8) is 0 Å². The zero-order valence-electron chi connectivity index (χ0n) is 9.56. The third-order valence-electron chi connectivity index (χ3n) is 3.10. The van der Waals surface area contributed by atoms with E-state index < -0.39 is 0 Å². The first-order valence-corrected chi connectivity index (χ1v) is 5.22. The highest BCUT2D eigenvalue weighted by molar-refractivity contribution is 5.85. The second-order valence-electron chi connectivity index (χ2n) is 4.30. The number of hydrogen-bond acceptors (Lipinski definition) is 3. The van der Waals surface area contributed by atoms with E-state index in [9.17, 15) is 5.11 Å². The average molecular weight is 244 g/mol. The van der Waals surface area contributed by atoms with Crippen LogP contribution in [0.2, 0.25) is 0 Å². The number of methoxy groups -OCH3 is 1. The van der Waals surface area contributed by atoms with Crippen LogP contribution in [0.3, 0.4) is 0 Å². The van der Waals surface area contributed by atoms with Gasteiger partial charge in [-0.05, 0) is 31.0 Å². The number of ether oxygens (including phenoxy) is 1. The minimum atomic E-state index is -0.239. The summed E-state index contributed by atoms with van der Waals surface area (Å²) in [6.45, 7) is 2.79. The molecule has 2 N–H and O–H groups in total. The first-order chi connectivity index (χ1) is 7.14. The molecule has 0 bridgehead atoms. The monoisotopic (exact) mass is 243 g/mol. The molecule has 1 aliphatic rings. The zero-order valence-corrected chi connectivity index (χ0v) is 10.4. The van der Waals surface area contributed by atoms with Crippen molar-refractivity contribution in [2.24, 2.45) is 0 Å². The maximum absolute atomic E-state index is 9.54. The zero-order chi connectivity index (χ0) is 10.9. The minimum absolute atomic E-state index is 0. The normalized spacial score (nSPS) is 28.6. The molecule has 2 unspecified atom stereocenters. The van der Waals surface area contributed by atoms with Crippen molar-refractivity contribution in [2.75, 3.05) is 13.7 Å². The van der Waals surface area contributed by atoms with E-state index in [0.717, 1.165) is 12.2 Å². The van der Waals surface area contributed by atoms with Gasteiger partial charge in [-0.25, -0.2) is 0 Å². The van der Waals surface area contributed by atoms with E-state index in [-0.39, 0.29) is 24.0 Å². The number of benzene rings is 1. The van der Waals surface area contributed by atoms with E-state index in [1.54, 1.807) is 7.11 Å². The van der Waals surface area contributed by atoms with Crippen molar-refractivity contribution >= 4 is 12.4 Å². The summed E-state index contributed by atoms with van der Waals surface area (Å²) in [7, 11) is 1.66. The fourth-order valence-corrected chi connectivity index (χ4v) is 2.14. The molecule has 1 heterocycles. The predicted molar refractivity (Wildman–Crippen MR) is 66.2 cm³/mol. The Morgan fingerprint density at radius 2 is 2.00 bits per heavy atom. The Labute approximate surface area is 102 Å². The molecule has 90 valence electrons.